The minimum absolute atomic E-state index is 0.193. The number of amides is 2. The third kappa shape index (κ3) is 5.55. The molecule has 0 aromatic heterocycles. The Morgan fingerprint density at radius 1 is 0.839 bits per heavy atom. The molecule has 7 heteroatoms. The predicted molar refractivity (Wildman–Crippen MR) is 116 cm³/mol. The highest BCUT2D eigenvalue weighted by Crippen LogP contribution is 2.27. The summed E-state index contributed by atoms with van der Waals surface area (Å²) in [5.74, 6) is -1.36. The number of carbonyl (C=O) groups excluding carboxylic acids is 3. The summed E-state index contributed by atoms with van der Waals surface area (Å²) >= 11 is 0. The van der Waals surface area contributed by atoms with Gasteiger partial charge in [0.05, 0.1) is 17.2 Å². The highest BCUT2D eigenvalue weighted by Gasteiger charge is 2.17. The molecule has 3 aromatic rings. The molecule has 0 atom stereocenters. The van der Waals surface area contributed by atoms with Crippen LogP contribution in [0.1, 0.15) is 22.8 Å². The van der Waals surface area contributed by atoms with Gasteiger partial charge in [-0.05, 0) is 42.0 Å². The number of hydrogen-bond donors (Lipinski definition) is 2. The molecule has 154 valence electrons. The molecular weight excluding hydrogens is 394 g/mol. The minimum atomic E-state index is -0.667. The van der Waals surface area contributed by atoms with Gasteiger partial charge >= 0.3 is 5.97 Å². The van der Waals surface area contributed by atoms with Crippen LogP contribution in [-0.4, -0.2) is 24.4 Å². The van der Waals surface area contributed by atoms with Crippen LogP contribution in [-0.2, 0) is 14.3 Å². The second kappa shape index (κ2) is 9.85. The number of nitrogens with zero attached hydrogens (tertiary/aromatic N) is 1. The van der Waals surface area contributed by atoms with Crippen molar-refractivity contribution >= 4 is 29.2 Å². The first kappa shape index (κ1) is 21.3. The van der Waals surface area contributed by atoms with Crippen LogP contribution in [0.25, 0.3) is 11.1 Å². The SMILES string of the molecule is CC(=O)Nc1ccc(NC(=O)COC(=O)c2ccccc2-c2ccccc2C#N)cc1. The number of nitrogens with one attached hydrogen (secondary N) is 2. The molecule has 3 rings (SSSR count). The normalized spacial score (nSPS) is 9.94. The topological polar surface area (TPSA) is 108 Å². The standard InChI is InChI=1S/C24H19N3O4/c1-16(28)26-18-10-12-19(13-11-18)27-23(29)15-31-24(30)22-9-5-4-8-21(22)20-7-3-2-6-17(20)14-25/h2-13H,15H2,1H3,(H,26,28)(H,27,29). The van der Waals surface area contributed by atoms with Crippen molar-refractivity contribution in [3.8, 4) is 17.2 Å². The van der Waals surface area contributed by atoms with Crippen LogP contribution in [0.15, 0.2) is 72.8 Å². The third-order valence-corrected chi connectivity index (χ3v) is 4.31. The summed E-state index contributed by atoms with van der Waals surface area (Å²) in [6, 6.07) is 22.4. The third-order valence-electron chi connectivity index (χ3n) is 4.31. The number of anilines is 2. The fourth-order valence-corrected chi connectivity index (χ4v) is 2.96. The van der Waals surface area contributed by atoms with Crippen LogP contribution in [0.2, 0.25) is 0 Å². The smallest absolute Gasteiger partial charge is 0.339 e. The molecule has 2 N–H and O–H groups in total. The zero-order chi connectivity index (χ0) is 22.2. The van der Waals surface area contributed by atoms with Crippen LogP contribution < -0.4 is 10.6 Å². The summed E-state index contributed by atoms with van der Waals surface area (Å²) in [5, 5.41) is 14.6. The fraction of sp³-hybridized carbons (Fsp3) is 0.0833. The molecule has 0 heterocycles. The molecule has 0 spiro atoms. The number of rotatable bonds is 6. The molecule has 0 saturated heterocycles. The first-order valence-electron chi connectivity index (χ1n) is 9.41. The van der Waals surface area contributed by atoms with E-state index in [2.05, 4.69) is 16.7 Å². The van der Waals surface area contributed by atoms with E-state index in [4.69, 9.17) is 4.74 Å². The number of hydrogen-bond acceptors (Lipinski definition) is 5. The molecule has 0 fully saturated rings. The maximum atomic E-state index is 12.6. The maximum absolute atomic E-state index is 12.6. The monoisotopic (exact) mass is 413 g/mol. The Morgan fingerprint density at radius 2 is 1.42 bits per heavy atom. The number of benzene rings is 3. The predicted octanol–water partition coefficient (Wildman–Crippen LogP) is 3.98. The van der Waals surface area contributed by atoms with E-state index in [1.54, 1.807) is 72.8 Å². The van der Waals surface area contributed by atoms with Crippen molar-refractivity contribution in [3.63, 3.8) is 0 Å². The first-order chi connectivity index (χ1) is 15.0. The molecular formula is C24H19N3O4. The Bertz CT molecular complexity index is 1160. The van der Waals surface area contributed by atoms with Gasteiger partial charge in [-0.3, -0.25) is 9.59 Å². The second-order valence-electron chi connectivity index (χ2n) is 6.59. The zero-order valence-corrected chi connectivity index (χ0v) is 16.7. The van der Waals surface area contributed by atoms with Crippen LogP contribution in [0.3, 0.4) is 0 Å². The number of esters is 1. The molecule has 7 nitrogen and oxygen atoms in total. The molecule has 0 saturated carbocycles. The van der Waals surface area contributed by atoms with Crippen molar-refractivity contribution in [1.29, 1.82) is 5.26 Å². The molecule has 0 radical (unpaired) electrons. The summed E-state index contributed by atoms with van der Waals surface area (Å²) in [7, 11) is 0. The maximum Gasteiger partial charge on any atom is 0.339 e. The number of ether oxygens (including phenoxy) is 1. The minimum Gasteiger partial charge on any atom is -0.452 e. The van der Waals surface area contributed by atoms with Gasteiger partial charge < -0.3 is 15.4 Å². The van der Waals surface area contributed by atoms with Gasteiger partial charge in [0, 0.05) is 23.9 Å². The van der Waals surface area contributed by atoms with Crippen LogP contribution >= 0.6 is 0 Å². The highest BCUT2D eigenvalue weighted by molar-refractivity contribution is 6.00. The lowest BCUT2D eigenvalue weighted by atomic mass is 9.96. The lowest BCUT2D eigenvalue weighted by Gasteiger charge is -2.11. The lowest BCUT2D eigenvalue weighted by molar-refractivity contribution is -0.119. The van der Waals surface area contributed by atoms with Gasteiger partial charge in [-0.1, -0.05) is 36.4 Å². The van der Waals surface area contributed by atoms with E-state index in [1.165, 1.54) is 6.92 Å². The Labute approximate surface area is 179 Å². The molecule has 31 heavy (non-hydrogen) atoms. The summed E-state index contributed by atoms with van der Waals surface area (Å²) in [6.07, 6.45) is 0. The van der Waals surface area contributed by atoms with Gasteiger partial charge in [-0.25, -0.2) is 4.79 Å². The van der Waals surface area contributed by atoms with Crippen molar-refractivity contribution in [2.24, 2.45) is 0 Å². The molecule has 2 amide bonds. The Hall–Kier alpha value is -4.44. The van der Waals surface area contributed by atoms with E-state index < -0.39 is 18.5 Å². The van der Waals surface area contributed by atoms with Crippen molar-refractivity contribution in [3.05, 3.63) is 83.9 Å². The van der Waals surface area contributed by atoms with Crippen molar-refractivity contribution in [1.82, 2.24) is 0 Å². The van der Waals surface area contributed by atoms with Gasteiger partial charge in [-0.2, -0.15) is 5.26 Å². The fourth-order valence-electron chi connectivity index (χ4n) is 2.96. The highest BCUT2D eigenvalue weighted by atomic mass is 16.5. The number of carbonyl (C=O) groups is 3. The average Bonchev–Trinajstić information content (AvgIpc) is 2.78. The quantitative estimate of drug-likeness (QED) is 0.594. The second-order valence-corrected chi connectivity index (χ2v) is 6.59. The van der Waals surface area contributed by atoms with Gasteiger partial charge in [0.15, 0.2) is 6.61 Å². The van der Waals surface area contributed by atoms with E-state index in [0.29, 0.717) is 28.1 Å². The van der Waals surface area contributed by atoms with Crippen molar-refractivity contribution < 1.29 is 19.1 Å². The van der Waals surface area contributed by atoms with E-state index in [0.717, 1.165) is 0 Å². The van der Waals surface area contributed by atoms with Crippen molar-refractivity contribution in [2.45, 2.75) is 6.92 Å². The van der Waals surface area contributed by atoms with Gasteiger partial charge in [0.1, 0.15) is 0 Å². The summed E-state index contributed by atoms with van der Waals surface area (Å²) in [4.78, 5) is 35.8. The average molecular weight is 413 g/mol. The van der Waals surface area contributed by atoms with E-state index in [1.807, 2.05) is 0 Å². The van der Waals surface area contributed by atoms with Crippen molar-refractivity contribution in [2.75, 3.05) is 17.2 Å². The molecule has 0 unspecified atom stereocenters. The lowest BCUT2D eigenvalue weighted by Crippen LogP contribution is -2.21. The molecule has 0 aliphatic heterocycles. The summed E-state index contributed by atoms with van der Waals surface area (Å²) in [6.45, 7) is 0.932. The summed E-state index contributed by atoms with van der Waals surface area (Å²) in [5.41, 5.74) is 2.96. The molecule has 0 aliphatic carbocycles. The van der Waals surface area contributed by atoms with E-state index in [-0.39, 0.29) is 11.5 Å². The van der Waals surface area contributed by atoms with E-state index in [9.17, 15) is 19.6 Å². The Balaban J connectivity index is 1.66. The van der Waals surface area contributed by atoms with Crippen LogP contribution in [0, 0.1) is 11.3 Å². The number of nitriles is 1. The molecule has 3 aromatic carbocycles. The summed E-state index contributed by atoms with van der Waals surface area (Å²) < 4.78 is 5.18. The molecule has 0 bridgehead atoms. The van der Waals surface area contributed by atoms with Gasteiger partial charge in [-0.15, -0.1) is 0 Å². The Morgan fingerprint density at radius 3 is 2.06 bits per heavy atom. The Kier molecular flexibility index (Phi) is 6.76. The van der Waals surface area contributed by atoms with Gasteiger partial charge in [0.25, 0.3) is 5.91 Å². The first-order valence-corrected chi connectivity index (χ1v) is 9.41. The van der Waals surface area contributed by atoms with E-state index >= 15 is 0 Å². The largest absolute Gasteiger partial charge is 0.452 e. The van der Waals surface area contributed by atoms with Gasteiger partial charge in [0.2, 0.25) is 5.91 Å². The molecule has 0 aliphatic rings. The zero-order valence-electron chi connectivity index (χ0n) is 16.7. The van der Waals surface area contributed by atoms with Crippen LogP contribution in [0.4, 0.5) is 11.4 Å². The van der Waals surface area contributed by atoms with Crippen LogP contribution in [0.5, 0.6) is 0 Å².